The smallest absolute Gasteiger partial charge is 0.112 e. The highest BCUT2D eigenvalue weighted by Crippen LogP contribution is 2.27. The maximum atomic E-state index is 10.3. The molecular weight excluding hydrogens is 197 g/mol. The van der Waals surface area contributed by atoms with Crippen LogP contribution in [0.1, 0.15) is 11.1 Å². The Balaban J connectivity index is 3.31. The second-order valence-corrected chi connectivity index (χ2v) is 3.14. The average Bonchev–Trinajstić information content (AvgIpc) is 2.08. The third-order valence-electron chi connectivity index (χ3n) is 1.69. The van der Waals surface area contributed by atoms with E-state index in [-0.39, 0.29) is 0 Å². The molecule has 0 saturated carbocycles. The van der Waals surface area contributed by atoms with E-state index in [1.807, 2.05) is 0 Å². The van der Waals surface area contributed by atoms with E-state index in [2.05, 4.69) is 5.18 Å². The summed E-state index contributed by atoms with van der Waals surface area (Å²) in [7, 11) is 0. The van der Waals surface area contributed by atoms with Crippen molar-refractivity contribution in [2.45, 2.75) is 12.8 Å². The van der Waals surface area contributed by atoms with E-state index in [4.69, 9.17) is 23.2 Å². The second kappa shape index (κ2) is 3.87. The molecule has 0 saturated heterocycles. The Labute approximate surface area is 80.5 Å². The van der Waals surface area contributed by atoms with Crippen molar-refractivity contribution in [3.63, 3.8) is 0 Å². The normalized spacial score (nSPS) is 9.92. The van der Waals surface area contributed by atoms with Crippen LogP contribution in [0.25, 0.3) is 0 Å². The predicted molar refractivity (Wildman–Crippen MR) is 51.2 cm³/mol. The highest BCUT2D eigenvalue weighted by atomic mass is 35.5. The highest BCUT2D eigenvalue weighted by molar-refractivity contribution is 6.31. The van der Waals surface area contributed by atoms with Crippen molar-refractivity contribution in [1.82, 2.24) is 0 Å². The highest BCUT2D eigenvalue weighted by Gasteiger charge is 2.05. The molecule has 1 aromatic rings. The van der Waals surface area contributed by atoms with Crippen molar-refractivity contribution in [3.8, 4) is 0 Å². The van der Waals surface area contributed by atoms with Crippen LogP contribution >= 0.6 is 23.2 Å². The van der Waals surface area contributed by atoms with E-state index < -0.39 is 0 Å². The van der Waals surface area contributed by atoms with Gasteiger partial charge in [-0.3, -0.25) is 0 Å². The fraction of sp³-hybridized carbons (Fsp3) is 0.250. The molecule has 0 heterocycles. The van der Waals surface area contributed by atoms with Gasteiger partial charge in [0.05, 0.1) is 0 Å². The number of halogens is 2. The quantitative estimate of drug-likeness (QED) is 0.532. The first-order valence-corrected chi connectivity index (χ1v) is 4.28. The van der Waals surface area contributed by atoms with Gasteiger partial charge in [0.1, 0.15) is 5.69 Å². The molecular formula is C8H7Cl2NO. The van der Waals surface area contributed by atoms with Gasteiger partial charge in [0.25, 0.3) is 0 Å². The lowest BCUT2D eigenvalue weighted by atomic mass is 10.1. The molecule has 12 heavy (non-hydrogen) atoms. The third-order valence-corrected chi connectivity index (χ3v) is 2.20. The fourth-order valence-corrected chi connectivity index (χ4v) is 1.47. The lowest BCUT2D eigenvalue weighted by Crippen LogP contribution is -1.85. The number of hydrogen-bond acceptors (Lipinski definition) is 2. The summed E-state index contributed by atoms with van der Waals surface area (Å²) in [5.74, 6) is 0.342. The Bertz CT molecular complexity index is 312. The number of alkyl halides is 1. The molecule has 0 unspecified atom stereocenters. The lowest BCUT2D eigenvalue weighted by Gasteiger charge is -2.03. The third kappa shape index (κ3) is 1.76. The minimum absolute atomic E-state index is 0.342. The summed E-state index contributed by atoms with van der Waals surface area (Å²) >= 11 is 11.4. The van der Waals surface area contributed by atoms with Crippen molar-refractivity contribution in [1.29, 1.82) is 0 Å². The van der Waals surface area contributed by atoms with Crippen LogP contribution < -0.4 is 0 Å². The number of nitroso groups, excluding NO2 is 1. The molecule has 0 radical (unpaired) electrons. The molecule has 0 bridgehead atoms. The molecule has 0 aliphatic rings. The Morgan fingerprint density at radius 1 is 1.50 bits per heavy atom. The van der Waals surface area contributed by atoms with E-state index in [9.17, 15) is 4.91 Å². The van der Waals surface area contributed by atoms with Gasteiger partial charge in [0.15, 0.2) is 0 Å². The molecule has 0 aliphatic heterocycles. The molecule has 1 aromatic carbocycles. The summed E-state index contributed by atoms with van der Waals surface area (Å²) in [6.45, 7) is 1.80. The van der Waals surface area contributed by atoms with Crippen molar-refractivity contribution in [2.75, 3.05) is 0 Å². The van der Waals surface area contributed by atoms with Crippen LogP contribution in [-0.2, 0) is 5.88 Å². The zero-order chi connectivity index (χ0) is 9.14. The Kier molecular flexibility index (Phi) is 3.06. The van der Waals surface area contributed by atoms with Gasteiger partial charge >= 0.3 is 0 Å². The largest absolute Gasteiger partial charge is 0.145 e. The number of benzene rings is 1. The first kappa shape index (κ1) is 9.49. The molecule has 64 valence electrons. The van der Waals surface area contributed by atoms with Crippen LogP contribution in [0, 0.1) is 11.8 Å². The summed E-state index contributed by atoms with van der Waals surface area (Å²) in [6.07, 6.45) is 0. The standard InChI is InChI=1S/C8H7Cl2NO/c1-5-6(4-9)2-7(10)3-8(5)11-12/h2-3H,4H2,1H3. The van der Waals surface area contributed by atoms with Crippen molar-refractivity contribution in [3.05, 3.63) is 33.2 Å². The van der Waals surface area contributed by atoms with E-state index in [1.165, 1.54) is 6.07 Å². The Morgan fingerprint density at radius 2 is 2.17 bits per heavy atom. The van der Waals surface area contributed by atoms with Gasteiger partial charge in [-0.2, -0.15) is 0 Å². The van der Waals surface area contributed by atoms with Gasteiger partial charge in [-0.25, -0.2) is 0 Å². The molecule has 1 rings (SSSR count). The van der Waals surface area contributed by atoms with Gasteiger partial charge in [0.2, 0.25) is 0 Å². The minimum Gasteiger partial charge on any atom is -0.145 e. The van der Waals surface area contributed by atoms with Crippen LogP contribution in [-0.4, -0.2) is 0 Å². The maximum absolute atomic E-state index is 10.3. The molecule has 0 amide bonds. The molecule has 0 aromatic heterocycles. The Morgan fingerprint density at radius 3 is 2.67 bits per heavy atom. The summed E-state index contributed by atoms with van der Waals surface area (Å²) in [6, 6.07) is 3.26. The zero-order valence-corrected chi connectivity index (χ0v) is 7.99. The van der Waals surface area contributed by atoms with E-state index >= 15 is 0 Å². The first-order chi connectivity index (χ1) is 5.69. The van der Waals surface area contributed by atoms with Gasteiger partial charge in [-0.05, 0) is 35.4 Å². The Hall–Kier alpha value is -0.600. The molecule has 0 fully saturated rings. The maximum Gasteiger partial charge on any atom is 0.112 e. The SMILES string of the molecule is Cc1c(CCl)cc(Cl)cc1N=O. The molecule has 0 atom stereocenters. The molecule has 4 heteroatoms. The topological polar surface area (TPSA) is 29.4 Å². The average molecular weight is 204 g/mol. The lowest BCUT2D eigenvalue weighted by molar-refractivity contribution is 1.27. The fourth-order valence-electron chi connectivity index (χ4n) is 0.953. The van der Waals surface area contributed by atoms with Crippen LogP contribution in [0.3, 0.4) is 0 Å². The predicted octanol–water partition coefficient (Wildman–Crippen LogP) is 3.79. The molecule has 0 aliphatic carbocycles. The second-order valence-electron chi connectivity index (χ2n) is 2.43. The molecule has 0 N–H and O–H groups in total. The number of rotatable bonds is 2. The minimum atomic E-state index is 0.342. The van der Waals surface area contributed by atoms with Crippen molar-refractivity contribution < 1.29 is 0 Å². The van der Waals surface area contributed by atoms with Gasteiger partial charge in [-0.15, -0.1) is 16.5 Å². The number of hydrogen-bond donors (Lipinski definition) is 0. The zero-order valence-electron chi connectivity index (χ0n) is 6.47. The monoisotopic (exact) mass is 203 g/mol. The van der Waals surface area contributed by atoms with E-state index in [0.29, 0.717) is 16.6 Å². The van der Waals surface area contributed by atoms with Crippen LogP contribution in [0.5, 0.6) is 0 Å². The van der Waals surface area contributed by atoms with Crippen molar-refractivity contribution >= 4 is 28.9 Å². The van der Waals surface area contributed by atoms with Gasteiger partial charge < -0.3 is 0 Å². The van der Waals surface area contributed by atoms with Crippen LogP contribution in [0.4, 0.5) is 5.69 Å². The molecule has 0 spiro atoms. The van der Waals surface area contributed by atoms with Gasteiger partial charge in [0, 0.05) is 10.9 Å². The summed E-state index contributed by atoms with van der Waals surface area (Å²) in [4.78, 5) is 10.3. The van der Waals surface area contributed by atoms with E-state index in [0.717, 1.165) is 11.1 Å². The molecule has 2 nitrogen and oxygen atoms in total. The summed E-state index contributed by atoms with van der Waals surface area (Å²) < 4.78 is 0. The van der Waals surface area contributed by atoms with E-state index in [1.54, 1.807) is 13.0 Å². The van der Waals surface area contributed by atoms with Crippen molar-refractivity contribution in [2.24, 2.45) is 5.18 Å². The summed E-state index contributed by atoms with van der Waals surface area (Å²) in [5, 5.41) is 3.34. The van der Waals surface area contributed by atoms with Gasteiger partial charge in [-0.1, -0.05) is 11.6 Å². The number of nitrogens with zero attached hydrogens (tertiary/aromatic N) is 1. The van der Waals surface area contributed by atoms with Crippen LogP contribution in [0.15, 0.2) is 17.3 Å². The van der Waals surface area contributed by atoms with Crippen LogP contribution in [0.2, 0.25) is 5.02 Å². The first-order valence-electron chi connectivity index (χ1n) is 3.37. The summed E-state index contributed by atoms with van der Waals surface area (Å²) in [5.41, 5.74) is 2.00.